The van der Waals surface area contributed by atoms with Gasteiger partial charge in [-0.2, -0.15) is 0 Å². The maximum absolute atomic E-state index is 13.2. The number of nitrogens with zero attached hydrogens (tertiary/aromatic N) is 1. The molecule has 0 aliphatic rings. The van der Waals surface area contributed by atoms with Crippen molar-refractivity contribution in [2.24, 2.45) is 0 Å². The summed E-state index contributed by atoms with van der Waals surface area (Å²) in [6, 6.07) is 12.9. The van der Waals surface area contributed by atoms with E-state index in [1.54, 1.807) is 26.0 Å². The van der Waals surface area contributed by atoms with Crippen LogP contribution in [0.1, 0.15) is 19.5 Å². The third kappa shape index (κ3) is 4.22. The van der Waals surface area contributed by atoms with E-state index in [1.807, 2.05) is 42.6 Å². The number of aromatic nitrogens is 1. The van der Waals surface area contributed by atoms with Gasteiger partial charge in [-0.25, -0.2) is 9.78 Å². The number of carbonyl (C=O) groups is 1. The van der Waals surface area contributed by atoms with Crippen LogP contribution < -0.4 is 10.2 Å². The molecule has 0 saturated heterocycles. The lowest BCUT2D eigenvalue weighted by Crippen LogP contribution is -2.26. The highest BCUT2D eigenvalue weighted by Gasteiger charge is 2.21. The van der Waals surface area contributed by atoms with Crippen molar-refractivity contribution in [3.63, 3.8) is 0 Å². The monoisotopic (exact) mass is 435 g/mol. The lowest BCUT2D eigenvalue weighted by Gasteiger charge is -2.17. The summed E-state index contributed by atoms with van der Waals surface area (Å²) >= 11 is 1.40. The van der Waals surface area contributed by atoms with Gasteiger partial charge in [0.15, 0.2) is 6.10 Å². The first-order valence-electron chi connectivity index (χ1n) is 9.88. The molecule has 1 unspecified atom stereocenters. The van der Waals surface area contributed by atoms with Gasteiger partial charge in [-0.15, -0.1) is 11.3 Å². The zero-order chi connectivity index (χ0) is 22.0. The minimum atomic E-state index is -0.816. The summed E-state index contributed by atoms with van der Waals surface area (Å²) in [6.45, 7) is 5.52. The highest BCUT2D eigenvalue weighted by atomic mass is 32.1. The number of thiazole rings is 1. The van der Waals surface area contributed by atoms with Gasteiger partial charge in [0, 0.05) is 22.7 Å². The van der Waals surface area contributed by atoms with Crippen molar-refractivity contribution in [2.75, 3.05) is 6.61 Å². The van der Waals surface area contributed by atoms with Gasteiger partial charge in [0.25, 0.3) is 0 Å². The molecule has 6 nitrogen and oxygen atoms in total. The summed E-state index contributed by atoms with van der Waals surface area (Å²) in [5, 5.41) is 2.92. The maximum Gasteiger partial charge on any atom is 0.347 e. The van der Waals surface area contributed by atoms with Gasteiger partial charge in [0.2, 0.25) is 5.43 Å². The number of ether oxygens (including phenoxy) is 2. The van der Waals surface area contributed by atoms with Crippen LogP contribution in [-0.4, -0.2) is 23.7 Å². The molecule has 0 N–H and O–H groups in total. The Morgan fingerprint density at radius 2 is 1.97 bits per heavy atom. The van der Waals surface area contributed by atoms with Crippen LogP contribution in [0.5, 0.6) is 5.75 Å². The van der Waals surface area contributed by atoms with E-state index in [4.69, 9.17) is 13.9 Å². The van der Waals surface area contributed by atoms with E-state index in [9.17, 15) is 9.59 Å². The number of aryl methyl sites for hydroxylation is 1. The van der Waals surface area contributed by atoms with Crippen LogP contribution in [0.15, 0.2) is 63.3 Å². The minimum Gasteiger partial charge on any atom is -0.478 e. The molecular formula is C24H21NO5S. The molecule has 0 bridgehead atoms. The van der Waals surface area contributed by atoms with Gasteiger partial charge in [0.1, 0.15) is 22.6 Å². The number of carbonyl (C=O) groups excluding carboxylic acids is 1. The van der Waals surface area contributed by atoms with Crippen molar-refractivity contribution in [1.29, 1.82) is 0 Å². The molecule has 2 aromatic carbocycles. The molecule has 4 rings (SSSR count). The topological polar surface area (TPSA) is 78.6 Å². The largest absolute Gasteiger partial charge is 0.478 e. The molecule has 0 spiro atoms. The predicted octanol–water partition coefficient (Wildman–Crippen LogP) is 5.22. The third-order valence-electron chi connectivity index (χ3n) is 4.73. The number of esters is 1. The van der Waals surface area contributed by atoms with Gasteiger partial charge in [0.05, 0.1) is 17.6 Å². The molecule has 2 heterocycles. The number of rotatable bonds is 6. The second kappa shape index (κ2) is 8.73. The molecule has 158 valence electrons. The van der Waals surface area contributed by atoms with Gasteiger partial charge in [-0.1, -0.05) is 30.3 Å². The summed E-state index contributed by atoms with van der Waals surface area (Å²) in [4.78, 5) is 29.7. The fourth-order valence-corrected chi connectivity index (χ4v) is 4.02. The van der Waals surface area contributed by atoms with Crippen LogP contribution >= 0.6 is 11.3 Å². The lowest BCUT2D eigenvalue weighted by atomic mass is 10.0. The van der Waals surface area contributed by atoms with Crippen molar-refractivity contribution in [3.8, 4) is 27.4 Å². The minimum absolute atomic E-state index is 0.169. The second-order valence-electron chi connectivity index (χ2n) is 7.00. The molecule has 0 aliphatic heterocycles. The van der Waals surface area contributed by atoms with Gasteiger partial charge < -0.3 is 13.9 Å². The Balaban J connectivity index is 1.87. The zero-order valence-electron chi connectivity index (χ0n) is 17.4. The lowest BCUT2D eigenvalue weighted by molar-refractivity contribution is -0.150. The SMILES string of the molecule is CCOC(=O)C(C)Oc1cc2occ(-c3nc(C)cs3)c(=O)c2cc1-c1ccccc1. The maximum atomic E-state index is 13.2. The number of hydrogen-bond donors (Lipinski definition) is 0. The van der Waals surface area contributed by atoms with E-state index >= 15 is 0 Å². The van der Waals surface area contributed by atoms with E-state index in [-0.39, 0.29) is 12.0 Å². The molecule has 1 atom stereocenters. The Kier molecular flexibility index (Phi) is 5.86. The molecule has 2 aromatic heterocycles. The highest BCUT2D eigenvalue weighted by molar-refractivity contribution is 7.13. The van der Waals surface area contributed by atoms with E-state index < -0.39 is 12.1 Å². The van der Waals surface area contributed by atoms with Crippen molar-refractivity contribution in [2.45, 2.75) is 26.9 Å². The highest BCUT2D eigenvalue weighted by Crippen LogP contribution is 2.35. The molecular weight excluding hydrogens is 414 g/mol. The summed E-state index contributed by atoms with van der Waals surface area (Å²) in [7, 11) is 0. The first-order chi connectivity index (χ1) is 15.0. The first kappa shape index (κ1) is 20.8. The summed E-state index contributed by atoms with van der Waals surface area (Å²) in [5.74, 6) is -0.0298. The van der Waals surface area contributed by atoms with Crippen molar-refractivity contribution >= 4 is 28.3 Å². The normalized spacial score (nSPS) is 12.0. The Bertz CT molecular complexity index is 1290. The molecule has 7 heteroatoms. The van der Waals surface area contributed by atoms with Crippen LogP contribution in [0.25, 0.3) is 32.7 Å². The number of fused-ring (bicyclic) bond motifs is 1. The van der Waals surface area contributed by atoms with Crippen LogP contribution in [0.4, 0.5) is 0 Å². The summed E-state index contributed by atoms with van der Waals surface area (Å²) in [5.41, 5.74) is 3.00. The Hall–Kier alpha value is -3.45. The van der Waals surface area contributed by atoms with Crippen molar-refractivity contribution in [1.82, 2.24) is 4.98 Å². The van der Waals surface area contributed by atoms with Gasteiger partial charge in [-0.3, -0.25) is 4.79 Å². The molecule has 0 aliphatic carbocycles. The first-order valence-corrected chi connectivity index (χ1v) is 10.8. The average Bonchev–Trinajstić information content (AvgIpc) is 3.20. The fourth-order valence-electron chi connectivity index (χ4n) is 3.22. The van der Waals surface area contributed by atoms with Gasteiger partial charge >= 0.3 is 5.97 Å². The van der Waals surface area contributed by atoms with E-state index in [2.05, 4.69) is 4.98 Å². The molecule has 0 amide bonds. The zero-order valence-corrected chi connectivity index (χ0v) is 18.2. The quantitative estimate of drug-likeness (QED) is 0.386. The van der Waals surface area contributed by atoms with Gasteiger partial charge in [-0.05, 0) is 32.4 Å². The Morgan fingerprint density at radius 1 is 1.19 bits per heavy atom. The van der Waals surface area contributed by atoms with Crippen molar-refractivity contribution in [3.05, 3.63) is 70.0 Å². The van der Waals surface area contributed by atoms with E-state index in [0.717, 1.165) is 11.3 Å². The van der Waals surface area contributed by atoms with E-state index in [0.29, 0.717) is 32.9 Å². The number of hydrogen-bond acceptors (Lipinski definition) is 7. The molecule has 4 aromatic rings. The average molecular weight is 436 g/mol. The molecule has 31 heavy (non-hydrogen) atoms. The second-order valence-corrected chi connectivity index (χ2v) is 7.85. The molecule has 0 fully saturated rings. The van der Waals surface area contributed by atoms with Crippen molar-refractivity contribution < 1.29 is 18.7 Å². The smallest absolute Gasteiger partial charge is 0.347 e. The van der Waals surface area contributed by atoms with E-state index in [1.165, 1.54) is 17.6 Å². The Morgan fingerprint density at radius 3 is 2.65 bits per heavy atom. The molecule has 0 saturated carbocycles. The number of benzene rings is 2. The Labute approximate surface area is 183 Å². The third-order valence-corrected chi connectivity index (χ3v) is 5.72. The fraction of sp³-hybridized carbons (Fsp3) is 0.208. The standard InChI is InChI=1S/C24H21NO5S/c1-4-28-24(27)15(3)30-21-11-20-18(10-17(21)16-8-6-5-7-9-16)22(26)19(12-29-20)23-25-14(2)13-31-23/h5-13,15H,4H2,1-3H3. The summed E-state index contributed by atoms with van der Waals surface area (Å²) < 4.78 is 16.8. The predicted molar refractivity (Wildman–Crippen MR) is 120 cm³/mol. The van der Waals surface area contributed by atoms with Crippen LogP contribution in [0, 0.1) is 6.92 Å². The summed E-state index contributed by atoms with van der Waals surface area (Å²) in [6.07, 6.45) is 0.605. The molecule has 0 radical (unpaired) electrons. The van der Waals surface area contributed by atoms with Crippen LogP contribution in [0.3, 0.4) is 0 Å². The van der Waals surface area contributed by atoms with Crippen LogP contribution in [0.2, 0.25) is 0 Å². The van der Waals surface area contributed by atoms with Crippen LogP contribution in [-0.2, 0) is 9.53 Å².